The maximum atomic E-state index is 13.5. The highest BCUT2D eigenvalue weighted by molar-refractivity contribution is 7.87. The first kappa shape index (κ1) is 28.0. The van der Waals surface area contributed by atoms with Crippen molar-refractivity contribution in [1.29, 1.82) is 0 Å². The van der Waals surface area contributed by atoms with Crippen LogP contribution in [-0.2, 0) is 32.7 Å². The third-order valence-corrected chi connectivity index (χ3v) is 7.38. The van der Waals surface area contributed by atoms with Crippen molar-refractivity contribution in [2.45, 2.75) is 31.3 Å². The summed E-state index contributed by atoms with van der Waals surface area (Å²) in [6, 6.07) is 18.3. The van der Waals surface area contributed by atoms with Crippen molar-refractivity contribution in [3.63, 3.8) is 0 Å². The van der Waals surface area contributed by atoms with Crippen LogP contribution in [0.5, 0.6) is 0 Å². The predicted molar refractivity (Wildman–Crippen MR) is 150 cm³/mol. The lowest BCUT2D eigenvalue weighted by Crippen LogP contribution is -2.51. The van der Waals surface area contributed by atoms with Crippen LogP contribution in [0.15, 0.2) is 88.9 Å². The van der Waals surface area contributed by atoms with Gasteiger partial charge in [0.05, 0.1) is 30.2 Å². The first-order chi connectivity index (χ1) is 18.7. The van der Waals surface area contributed by atoms with Gasteiger partial charge in [0, 0.05) is 17.7 Å². The first-order valence-corrected chi connectivity index (χ1v) is 14.4. The van der Waals surface area contributed by atoms with Crippen molar-refractivity contribution in [3.05, 3.63) is 99.9 Å². The van der Waals surface area contributed by atoms with Crippen molar-refractivity contribution in [2.24, 2.45) is 4.99 Å². The minimum Gasteiger partial charge on any atom is -0.453 e. The van der Waals surface area contributed by atoms with Crippen molar-refractivity contribution in [2.75, 3.05) is 11.8 Å². The minimum absolute atomic E-state index is 0.199. The van der Waals surface area contributed by atoms with E-state index in [4.69, 9.17) is 14.3 Å². The smallest absolute Gasteiger partial charge is 0.407 e. The number of carbonyl (C=O) groups is 2. The number of rotatable bonds is 11. The zero-order valence-corrected chi connectivity index (χ0v) is 22.7. The summed E-state index contributed by atoms with van der Waals surface area (Å²) in [5.41, 5.74) is 3.45. The Balaban J connectivity index is 1.57. The number of amides is 2. The van der Waals surface area contributed by atoms with Crippen LogP contribution in [0.3, 0.4) is 0 Å². The van der Waals surface area contributed by atoms with Crippen LogP contribution in [0.25, 0.3) is 0 Å². The Morgan fingerprint density at radius 2 is 1.72 bits per heavy atom. The maximum Gasteiger partial charge on any atom is 0.407 e. The van der Waals surface area contributed by atoms with Gasteiger partial charge >= 0.3 is 16.4 Å². The van der Waals surface area contributed by atoms with Crippen molar-refractivity contribution >= 4 is 45.0 Å². The van der Waals surface area contributed by atoms with Crippen molar-refractivity contribution < 1.29 is 27.3 Å². The summed E-state index contributed by atoms with van der Waals surface area (Å²) in [6.07, 6.45) is 2.47. The topological polar surface area (TPSA) is 146 Å². The second kappa shape index (κ2) is 12.7. The van der Waals surface area contributed by atoms with Gasteiger partial charge < -0.3 is 15.4 Å². The number of thiophene rings is 1. The molecule has 4 rings (SSSR count). The molecule has 39 heavy (non-hydrogen) atoms. The molecule has 0 aliphatic carbocycles. The molecule has 0 fully saturated rings. The molecule has 12 heteroatoms. The molecule has 2 heterocycles. The number of alkyl carbamates (subject to hydrolysis) is 1. The summed E-state index contributed by atoms with van der Waals surface area (Å²) < 4.78 is 38.0. The van der Waals surface area contributed by atoms with Gasteiger partial charge in [-0.25, -0.2) is 4.79 Å². The monoisotopic (exact) mass is 568 g/mol. The number of allylic oxidation sites excluding steroid dienone is 1. The van der Waals surface area contributed by atoms with E-state index in [0.29, 0.717) is 18.5 Å². The standard InChI is InChI=1S/C27H28N4O6S2/c1-37-27(33)30-24(17-18-6-3-2-4-7-18)26(32)29-23(21-13-14-22(28-21)25-8-5-15-38-25)16-19-9-11-20(12-10-19)31-39(34,35)36/h2-13,15,23-24,31H,14,16-17H2,1H3,(H,29,32)(H,30,33)(H,34,35,36). The summed E-state index contributed by atoms with van der Waals surface area (Å²) in [5, 5.41) is 7.64. The average Bonchev–Trinajstić information content (AvgIpc) is 3.61. The molecule has 2 amide bonds. The molecule has 0 radical (unpaired) electrons. The van der Waals surface area contributed by atoms with Crippen molar-refractivity contribution in [3.8, 4) is 0 Å². The van der Waals surface area contributed by atoms with E-state index in [-0.39, 0.29) is 12.1 Å². The van der Waals surface area contributed by atoms with E-state index < -0.39 is 34.4 Å². The Labute approximate surface area is 230 Å². The summed E-state index contributed by atoms with van der Waals surface area (Å²) in [7, 11) is -3.16. The average molecular weight is 569 g/mol. The van der Waals surface area contributed by atoms with Gasteiger partial charge in [0.15, 0.2) is 0 Å². The number of ether oxygens (including phenoxy) is 1. The normalized spacial score (nSPS) is 14.5. The van der Waals surface area contributed by atoms with Gasteiger partial charge in [0.25, 0.3) is 0 Å². The van der Waals surface area contributed by atoms with E-state index in [2.05, 4.69) is 10.6 Å². The zero-order valence-electron chi connectivity index (χ0n) is 21.0. The molecular formula is C27H28N4O6S2. The van der Waals surface area contributed by atoms with Gasteiger partial charge in [0.2, 0.25) is 5.91 Å². The van der Waals surface area contributed by atoms with Crippen LogP contribution in [0, 0.1) is 0 Å². The van der Waals surface area contributed by atoms with Gasteiger partial charge in [-0.05, 0) is 41.1 Å². The highest BCUT2D eigenvalue weighted by Gasteiger charge is 2.27. The van der Waals surface area contributed by atoms with Gasteiger partial charge in [-0.15, -0.1) is 11.3 Å². The van der Waals surface area contributed by atoms with E-state index in [9.17, 15) is 18.0 Å². The number of nitrogens with zero attached hydrogens (tertiary/aromatic N) is 1. The number of hydrogen-bond donors (Lipinski definition) is 4. The fraction of sp³-hybridized carbons (Fsp3) is 0.222. The third-order valence-electron chi connectivity index (χ3n) is 5.96. The lowest BCUT2D eigenvalue weighted by Gasteiger charge is -2.23. The van der Waals surface area contributed by atoms with Crippen LogP contribution in [0.1, 0.15) is 22.4 Å². The summed E-state index contributed by atoms with van der Waals surface area (Å²) in [5.74, 6) is -0.403. The maximum absolute atomic E-state index is 13.5. The molecule has 0 saturated carbocycles. The number of hydrogen-bond acceptors (Lipinski definition) is 7. The molecule has 0 saturated heterocycles. The number of nitrogens with one attached hydrogen (secondary N) is 3. The molecule has 3 aromatic rings. The Kier molecular flexibility index (Phi) is 9.12. The molecule has 1 aliphatic rings. The number of methoxy groups -OCH3 is 1. The SMILES string of the molecule is COC(=O)NC(Cc1ccccc1)C(=O)NC(Cc1ccc(NS(=O)(=O)O)cc1)C1=CCC(c2cccs2)=N1. The fourth-order valence-corrected chi connectivity index (χ4v) is 5.28. The molecule has 0 spiro atoms. The van der Waals surface area contributed by atoms with Crippen LogP contribution in [-0.4, -0.2) is 49.9 Å². The molecule has 2 atom stereocenters. The molecule has 2 aromatic carbocycles. The Morgan fingerprint density at radius 3 is 2.36 bits per heavy atom. The predicted octanol–water partition coefficient (Wildman–Crippen LogP) is 3.73. The van der Waals surface area contributed by atoms with Gasteiger partial charge in [0.1, 0.15) is 6.04 Å². The zero-order chi connectivity index (χ0) is 27.8. The van der Waals surface area contributed by atoms with E-state index in [1.165, 1.54) is 19.2 Å². The second-order valence-electron chi connectivity index (χ2n) is 8.79. The van der Waals surface area contributed by atoms with Crippen LogP contribution < -0.4 is 15.4 Å². The number of anilines is 1. The molecule has 4 N–H and O–H groups in total. The van der Waals surface area contributed by atoms with E-state index in [0.717, 1.165) is 21.7 Å². The number of aliphatic imine (C=N–C) groups is 1. The largest absolute Gasteiger partial charge is 0.453 e. The Morgan fingerprint density at radius 1 is 1.00 bits per heavy atom. The lowest BCUT2D eigenvalue weighted by atomic mass is 10.0. The van der Waals surface area contributed by atoms with E-state index >= 15 is 0 Å². The summed E-state index contributed by atoms with van der Waals surface area (Å²) >= 11 is 1.58. The van der Waals surface area contributed by atoms with Crippen LogP contribution in [0.2, 0.25) is 0 Å². The quantitative estimate of drug-likeness (QED) is 0.259. The van der Waals surface area contributed by atoms with Gasteiger partial charge in [-0.2, -0.15) is 8.42 Å². The molecular weight excluding hydrogens is 540 g/mol. The molecule has 10 nitrogen and oxygen atoms in total. The Hall–Kier alpha value is -4.00. The molecule has 1 aliphatic heterocycles. The summed E-state index contributed by atoms with van der Waals surface area (Å²) in [6.45, 7) is 0. The van der Waals surface area contributed by atoms with Crippen molar-refractivity contribution in [1.82, 2.24) is 10.6 Å². The lowest BCUT2D eigenvalue weighted by molar-refractivity contribution is -0.123. The van der Waals surface area contributed by atoms with Crippen LogP contribution in [0.4, 0.5) is 10.5 Å². The first-order valence-electron chi connectivity index (χ1n) is 12.0. The summed E-state index contributed by atoms with van der Waals surface area (Å²) in [4.78, 5) is 31.4. The highest BCUT2D eigenvalue weighted by Crippen LogP contribution is 2.24. The van der Waals surface area contributed by atoms with E-state index in [1.54, 1.807) is 23.5 Å². The molecule has 1 aromatic heterocycles. The molecule has 2 unspecified atom stereocenters. The molecule has 0 bridgehead atoms. The number of carbonyl (C=O) groups excluding carboxylic acids is 2. The van der Waals surface area contributed by atoms with E-state index in [1.807, 2.05) is 58.6 Å². The minimum atomic E-state index is -4.40. The number of benzene rings is 2. The Bertz CT molecular complexity index is 1450. The third kappa shape index (κ3) is 8.24. The molecule has 204 valence electrons. The highest BCUT2D eigenvalue weighted by atomic mass is 32.2. The van der Waals surface area contributed by atoms with Gasteiger partial charge in [-0.3, -0.25) is 19.1 Å². The van der Waals surface area contributed by atoms with Crippen LogP contribution >= 0.6 is 11.3 Å². The fourth-order valence-electron chi connectivity index (χ4n) is 4.12. The second-order valence-corrected chi connectivity index (χ2v) is 10.9. The van der Waals surface area contributed by atoms with Gasteiger partial charge in [-0.1, -0.05) is 54.6 Å².